The molecule has 0 spiro atoms. The Kier molecular flexibility index (Phi) is 3.27. The number of hydrogen-bond acceptors (Lipinski definition) is 3. The van der Waals surface area contributed by atoms with E-state index in [0.717, 1.165) is 25.8 Å². The van der Waals surface area contributed by atoms with Gasteiger partial charge in [-0.3, -0.25) is 4.79 Å². The van der Waals surface area contributed by atoms with Gasteiger partial charge in [0.05, 0.1) is 0 Å². The standard InChI is InChI=1S/C9H18N2O2/c1-11(2)7-9(8(12)13)5-3-4-6-10-9/h10H,3-7H2,1-2H3,(H,12,13). The molecule has 4 nitrogen and oxygen atoms in total. The largest absolute Gasteiger partial charge is 0.480 e. The second kappa shape index (κ2) is 4.07. The summed E-state index contributed by atoms with van der Waals surface area (Å²) >= 11 is 0. The molecule has 0 amide bonds. The molecule has 0 saturated carbocycles. The highest BCUT2D eigenvalue weighted by atomic mass is 16.4. The van der Waals surface area contributed by atoms with Gasteiger partial charge in [0.25, 0.3) is 0 Å². The van der Waals surface area contributed by atoms with Crippen LogP contribution in [-0.2, 0) is 4.79 Å². The van der Waals surface area contributed by atoms with Gasteiger partial charge in [-0.25, -0.2) is 0 Å². The van der Waals surface area contributed by atoms with E-state index >= 15 is 0 Å². The van der Waals surface area contributed by atoms with Crippen LogP contribution in [0, 0.1) is 0 Å². The van der Waals surface area contributed by atoms with Crippen molar-refractivity contribution in [1.82, 2.24) is 10.2 Å². The maximum Gasteiger partial charge on any atom is 0.325 e. The van der Waals surface area contributed by atoms with Gasteiger partial charge in [-0.2, -0.15) is 0 Å². The molecule has 1 unspecified atom stereocenters. The zero-order chi connectivity index (χ0) is 9.90. The fourth-order valence-corrected chi connectivity index (χ4v) is 1.89. The predicted molar refractivity (Wildman–Crippen MR) is 50.8 cm³/mol. The van der Waals surface area contributed by atoms with E-state index in [-0.39, 0.29) is 0 Å². The minimum absolute atomic E-state index is 0.572. The summed E-state index contributed by atoms with van der Waals surface area (Å²) in [5.74, 6) is -0.721. The van der Waals surface area contributed by atoms with Crippen molar-refractivity contribution in [2.24, 2.45) is 0 Å². The number of carboxylic acid groups (broad SMARTS) is 1. The van der Waals surface area contributed by atoms with Gasteiger partial charge < -0.3 is 15.3 Å². The zero-order valence-corrected chi connectivity index (χ0v) is 8.34. The Balaban J connectivity index is 2.67. The lowest BCUT2D eigenvalue weighted by atomic mass is 9.88. The van der Waals surface area contributed by atoms with Crippen LogP contribution in [-0.4, -0.2) is 48.7 Å². The van der Waals surface area contributed by atoms with Crippen LogP contribution < -0.4 is 5.32 Å². The summed E-state index contributed by atoms with van der Waals surface area (Å²) in [6.45, 7) is 1.39. The van der Waals surface area contributed by atoms with Crippen LogP contribution in [0.1, 0.15) is 19.3 Å². The summed E-state index contributed by atoms with van der Waals surface area (Å²) in [5, 5.41) is 12.3. The molecule has 0 radical (unpaired) electrons. The molecule has 0 bridgehead atoms. The number of hydrogen-bond donors (Lipinski definition) is 2. The van der Waals surface area contributed by atoms with Crippen LogP contribution in [0.2, 0.25) is 0 Å². The van der Waals surface area contributed by atoms with Crippen molar-refractivity contribution in [3.63, 3.8) is 0 Å². The second-order valence-electron chi connectivity index (χ2n) is 4.01. The van der Waals surface area contributed by atoms with Crippen molar-refractivity contribution in [1.29, 1.82) is 0 Å². The molecule has 1 rings (SSSR count). The Morgan fingerprint density at radius 3 is 2.62 bits per heavy atom. The van der Waals surface area contributed by atoms with Gasteiger partial charge >= 0.3 is 5.97 Å². The average molecular weight is 186 g/mol. The minimum atomic E-state index is -0.721. The Morgan fingerprint density at radius 1 is 1.54 bits per heavy atom. The van der Waals surface area contributed by atoms with Crippen LogP contribution in [0.25, 0.3) is 0 Å². The molecule has 4 heteroatoms. The normalized spacial score (nSPS) is 29.2. The van der Waals surface area contributed by atoms with Crippen molar-refractivity contribution < 1.29 is 9.90 Å². The van der Waals surface area contributed by atoms with Gasteiger partial charge in [0, 0.05) is 6.54 Å². The number of carbonyl (C=O) groups is 1. The molecule has 0 aliphatic carbocycles. The SMILES string of the molecule is CN(C)CC1(C(=O)O)CCCCN1. The lowest BCUT2D eigenvalue weighted by Crippen LogP contribution is -2.60. The summed E-state index contributed by atoms with van der Waals surface area (Å²) in [5.41, 5.74) is -0.707. The third-order valence-corrected chi connectivity index (χ3v) is 2.49. The fourth-order valence-electron chi connectivity index (χ4n) is 1.89. The lowest BCUT2D eigenvalue weighted by Gasteiger charge is -2.36. The van der Waals surface area contributed by atoms with E-state index < -0.39 is 11.5 Å². The van der Waals surface area contributed by atoms with Gasteiger partial charge in [-0.05, 0) is 39.9 Å². The third-order valence-electron chi connectivity index (χ3n) is 2.49. The molecule has 1 aliphatic heterocycles. The number of aliphatic carboxylic acids is 1. The van der Waals surface area contributed by atoms with E-state index in [0.29, 0.717) is 6.54 Å². The first-order chi connectivity index (χ1) is 6.07. The van der Waals surface area contributed by atoms with E-state index in [1.807, 2.05) is 19.0 Å². The Hall–Kier alpha value is -0.610. The van der Waals surface area contributed by atoms with Crippen molar-refractivity contribution in [2.75, 3.05) is 27.2 Å². The molecule has 1 aliphatic rings. The Morgan fingerprint density at radius 2 is 2.23 bits per heavy atom. The van der Waals surface area contributed by atoms with Crippen LogP contribution in [0.4, 0.5) is 0 Å². The molecule has 0 aromatic carbocycles. The van der Waals surface area contributed by atoms with Crippen LogP contribution in [0.5, 0.6) is 0 Å². The molecule has 1 heterocycles. The van der Waals surface area contributed by atoms with Crippen molar-refractivity contribution in [2.45, 2.75) is 24.8 Å². The van der Waals surface area contributed by atoms with E-state index in [4.69, 9.17) is 5.11 Å². The number of likely N-dealkylation sites (N-methyl/N-ethyl adjacent to an activating group) is 1. The van der Waals surface area contributed by atoms with E-state index in [2.05, 4.69) is 5.32 Å². The second-order valence-corrected chi connectivity index (χ2v) is 4.01. The summed E-state index contributed by atoms with van der Waals surface area (Å²) in [6, 6.07) is 0. The molecule has 13 heavy (non-hydrogen) atoms. The van der Waals surface area contributed by atoms with Crippen molar-refractivity contribution in [3.05, 3.63) is 0 Å². The van der Waals surface area contributed by atoms with E-state index in [1.54, 1.807) is 0 Å². The third kappa shape index (κ3) is 2.42. The molecule has 2 N–H and O–H groups in total. The van der Waals surface area contributed by atoms with E-state index in [1.165, 1.54) is 0 Å². The predicted octanol–water partition coefficient (Wildman–Crippen LogP) is 0.145. The number of nitrogens with one attached hydrogen (secondary N) is 1. The van der Waals surface area contributed by atoms with Gasteiger partial charge in [0.15, 0.2) is 0 Å². The van der Waals surface area contributed by atoms with Gasteiger partial charge in [-0.1, -0.05) is 0 Å². The first-order valence-electron chi connectivity index (χ1n) is 4.70. The monoisotopic (exact) mass is 186 g/mol. The highest BCUT2D eigenvalue weighted by Gasteiger charge is 2.39. The Bertz CT molecular complexity index is 186. The summed E-state index contributed by atoms with van der Waals surface area (Å²) in [6.07, 6.45) is 2.83. The molecular formula is C9H18N2O2. The molecule has 0 aromatic rings. The van der Waals surface area contributed by atoms with Gasteiger partial charge in [-0.15, -0.1) is 0 Å². The van der Waals surface area contributed by atoms with Crippen molar-refractivity contribution in [3.8, 4) is 0 Å². The highest BCUT2D eigenvalue weighted by molar-refractivity contribution is 5.79. The molecule has 1 saturated heterocycles. The summed E-state index contributed by atoms with van der Waals surface area (Å²) in [7, 11) is 3.81. The van der Waals surface area contributed by atoms with Crippen LogP contribution in [0.15, 0.2) is 0 Å². The molecule has 1 fully saturated rings. The Labute approximate surface area is 78.9 Å². The quantitative estimate of drug-likeness (QED) is 0.658. The summed E-state index contributed by atoms with van der Waals surface area (Å²) in [4.78, 5) is 13.0. The van der Waals surface area contributed by atoms with Crippen molar-refractivity contribution >= 4 is 5.97 Å². The van der Waals surface area contributed by atoms with Crippen LogP contribution >= 0.6 is 0 Å². The summed E-state index contributed by atoms with van der Waals surface area (Å²) < 4.78 is 0. The number of rotatable bonds is 3. The maximum atomic E-state index is 11.1. The zero-order valence-electron chi connectivity index (χ0n) is 8.34. The number of carboxylic acids is 1. The number of piperidine rings is 1. The number of nitrogens with zero attached hydrogens (tertiary/aromatic N) is 1. The van der Waals surface area contributed by atoms with Gasteiger partial charge in [0.1, 0.15) is 5.54 Å². The fraction of sp³-hybridized carbons (Fsp3) is 0.889. The molecular weight excluding hydrogens is 168 g/mol. The minimum Gasteiger partial charge on any atom is -0.480 e. The lowest BCUT2D eigenvalue weighted by molar-refractivity contribution is -0.146. The molecule has 0 aromatic heterocycles. The van der Waals surface area contributed by atoms with Gasteiger partial charge in [0.2, 0.25) is 0 Å². The smallest absolute Gasteiger partial charge is 0.325 e. The topological polar surface area (TPSA) is 52.6 Å². The molecule has 1 atom stereocenters. The van der Waals surface area contributed by atoms with E-state index in [9.17, 15) is 4.79 Å². The first-order valence-corrected chi connectivity index (χ1v) is 4.70. The maximum absolute atomic E-state index is 11.1. The molecule has 76 valence electrons. The average Bonchev–Trinajstić information content (AvgIpc) is 2.04. The van der Waals surface area contributed by atoms with Crippen LogP contribution in [0.3, 0.4) is 0 Å². The highest BCUT2D eigenvalue weighted by Crippen LogP contribution is 2.20. The first kappa shape index (κ1) is 10.5.